The van der Waals surface area contributed by atoms with Gasteiger partial charge < -0.3 is 54.7 Å². The van der Waals surface area contributed by atoms with Crippen molar-refractivity contribution in [3.05, 3.63) is 0 Å². The Morgan fingerprint density at radius 1 is 0.571 bits per heavy atom. The Morgan fingerprint density at radius 3 is 1.66 bits per heavy atom. The van der Waals surface area contributed by atoms with Crippen LogP contribution in [-0.2, 0) is 18.9 Å². The Kier molecular flexibility index (Phi) is 14.4. The largest absolute Gasteiger partial charge is 0.394 e. The van der Waals surface area contributed by atoms with E-state index in [9.17, 15) is 35.7 Å². The van der Waals surface area contributed by atoms with Crippen molar-refractivity contribution in [2.45, 2.75) is 133 Å². The van der Waals surface area contributed by atoms with Crippen LogP contribution in [0.2, 0.25) is 0 Å². The fourth-order valence-corrected chi connectivity index (χ4v) is 4.48. The Balaban J connectivity index is 1.74. The molecular weight excluding hydrogens is 464 g/mol. The van der Waals surface area contributed by atoms with Crippen molar-refractivity contribution in [3.63, 3.8) is 0 Å². The number of aliphatic hydroxyl groups excluding tert-OH is 7. The van der Waals surface area contributed by atoms with Gasteiger partial charge in [0.25, 0.3) is 0 Å². The monoisotopic (exact) mass is 510 g/mol. The van der Waals surface area contributed by atoms with Crippen LogP contribution in [-0.4, -0.2) is 117 Å². The molecule has 208 valence electrons. The highest BCUT2D eigenvalue weighted by Crippen LogP contribution is 2.29. The summed E-state index contributed by atoms with van der Waals surface area (Å²) in [4.78, 5) is 0. The second-order valence-corrected chi connectivity index (χ2v) is 9.56. The number of aliphatic hydroxyl groups is 7. The van der Waals surface area contributed by atoms with E-state index in [1.165, 1.54) is 44.9 Å². The lowest BCUT2D eigenvalue weighted by molar-refractivity contribution is -0.359. The molecule has 0 radical (unpaired) electrons. The second kappa shape index (κ2) is 16.4. The molecule has 2 aliphatic heterocycles. The predicted octanol–water partition coefficient (Wildman–Crippen LogP) is -0.452. The third kappa shape index (κ3) is 9.11. The topological polar surface area (TPSA) is 179 Å². The summed E-state index contributed by atoms with van der Waals surface area (Å²) >= 11 is 0. The first-order valence-electron chi connectivity index (χ1n) is 13.1. The number of hydrogen-bond acceptors (Lipinski definition) is 11. The molecule has 2 rings (SSSR count). The van der Waals surface area contributed by atoms with E-state index in [2.05, 4.69) is 6.92 Å². The van der Waals surface area contributed by atoms with Crippen LogP contribution in [0.5, 0.6) is 0 Å². The highest BCUT2D eigenvalue weighted by Gasteiger charge is 2.50. The van der Waals surface area contributed by atoms with Gasteiger partial charge in [-0.2, -0.15) is 0 Å². The Bertz CT molecular complexity index is 550. The van der Waals surface area contributed by atoms with Crippen molar-refractivity contribution in [1.82, 2.24) is 0 Å². The van der Waals surface area contributed by atoms with Gasteiger partial charge in [-0.3, -0.25) is 0 Å². The van der Waals surface area contributed by atoms with Crippen LogP contribution in [0.25, 0.3) is 0 Å². The molecule has 0 aromatic heterocycles. The predicted molar refractivity (Wildman–Crippen MR) is 124 cm³/mol. The summed E-state index contributed by atoms with van der Waals surface area (Å²) in [6.45, 7) is 1.31. The summed E-state index contributed by atoms with van der Waals surface area (Å²) in [5.74, 6) is 0. The maximum atomic E-state index is 10.6. The molecule has 2 saturated heterocycles. The van der Waals surface area contributed by atoms with Crippen molar-refractivity contribution in [2.75, 3.05) is 19.8 Å². The van der Waals surface area contributed by atoms with Crippen LogP contribution in [0, 0.1) is 0 Å². The molecule has 0 unspecified atom stereocenters. The molecule has 2 fully saturated rings. The zero-order valence-electron chi connectivity index (χ0n) is 20.7. The lowest BCUT2D eigenvalue weighted by Crippen LogP contribution is -2.64. The van der Waals surface area contributed by atoms with E-state index in [4.69, 9.17) is 18.9 Å². The summed E-state index contributed by atoms with van der Waals surface area (Å²) in [6.07, 6.45) is -2.63. The Morgan fingerprint density at radius 2 is 1.09 bits per heavy atom. The molecule has 0 aromatic carbocycles. The average Bonchev–Trinajstić information content (AvgIpc) is 2.86. The summed E-state index contributed by atoms with van der Waals surface area (Å²) in [6, 6.07) is 0. The van der Waals surface area contributed by atoms with Gasteiger partial charge in [0.05, 0.1) is 13.2 Å². The van der Waals surface area contributed by atoms with Crippen molar-refractivity contribution >= 4 is 0 Å². The Hall–Kier alpha value is -0.440. The summed E-state index contributed by atoms with van der Waals surface area (Å²) in [5, 5.41) is 70.1. The normalized spacial score (nSPS) is 38.1. The summed E-state index contributed by atoms with van der Waals surface area (Å²) in [7, 11) is 0. The molecule has 0 aromatic rings. The van der Waals surface area contributed by atoms with Gasteiger partial charge in [-0.1, -0.05) is 64.7 Å². The van der Waals surface area contributed by atoms with E-state index in [0.29, 0.717) is 6.61 Å². The zero-order chi connectivity index (χ0) is 25.8. The SMILES string of the molecule is CCCCCCCCCCCCO[C@@H]1O[C@@H](CO)[C@@H](O[C@H]2O[C@@H](CO)[C@@H](O)[C@@H](O)[C@H]2O)[C@H](O)[C@H]1O. The summed E-state index contributed by atoms with van der Waals surface area (Å²) < 4.78 is 22.0. The molecule has 0 aliphatic carbocycles. The fourth-order valence-electron chi connectivity index (χ4n) is 4.48. The first-order chi connectivity index (χ1) is 16.8. The molecule has 11 heteroatoms. The van der Waals surface area contributed by atoms with Crippen LogP contribution in [0.3, 0.4) is 0 Å². The van der Waals surface area contributed by atoms with E-state index in [1.54, 1.807) is 0 Å². The van der Waals surface area contributed by atoms with Crippen LogP contribution in [0.15, 0.2) is 0 Å². The van der Waals surface area contributed by atoms with E-state index >= 15 is 0 Å². The number of unbranched alkanes of at least 4 members (excludes halogenated alkanes) is 9. The van der Waals surface area contributed by atoms with E-state index in [1.807, 2.05) is 0 Å². The molecule has 11 nitrogen and oxygen atoms in total. The van der Waals surface area contributed by atoms with Gasteiger partial charge in [-0.15, -0.1) is 0 Å². The molecule has 0 spiro atoms. The molecule has 0 amide bonds. The molecule has 7 N–H and O–H groups in total. The summed E-state index contributed by atoms with van der Waals surface area (Å²) in [5.41, 5.74) is 0. The molecule has 0 bridgehead atoms. The van der Waals surface area contributed by atoms with Gasteiger partial charge in [0.1, 0.15) is 48.8 Å². The van der Waals surface area contributed by atoms with Crippen molar-refractivity contribution in [3.8, 4) is 0 Å². The van der Waals surface area contributed by atoms with Crippen molar-refractivity contribution < 1.29 is 54.7 Å². The molecule has 10 atom stereocenters. The van der Waals surface area contributed by atoms with E-state index in [-0.39, 0.29) is 0 Å². The highest BCUT2D eigenvalue weighted by molar-refractivity contribution is 4.94. The average molecular weight is 511 g/mol. The van der Waals surface area contributed by atoms with Gasteiger partial charge in [0, 0.05) is 6.61 Å². The smallest absolute Gasteiger partial charge is 0.187 e. The second-order valence-electron chi connectivity index (χ2n) is 9.56. The molecule has 0 saturated carbocycles. The lowest BCUT2D eigenvalue weighted by Gasteiger charge is -2.45. The molecule has 2 heterocycles. The van der Waals surface area contributed by atoms with Crippen molar-refractivity contribution in [1.29, 1.82) is 0 Å². The van der Waals surface area contributed by atoms with Crippen LogP contribution in [0.1, 0.15) is 71.1 Å². The first kappa shape index (κ1) is 30.8. The van der Waals surface area contributed by atoms with E-state index < -0.39 is 74.6 Å². The van der Waals surface area contributed by atoms with Gasteiger partial charge in [0.2, 0.25) is 0 Å². The van der Waals surface area contributed by atoms with Gasteiger partial charge in [0.15, 0.2) is 12.6 Å². The van der Waals surface area contributed by atoms with Crippen molar-refractivity contribution in [2.24, 2.45) is 0 Å². The van der Waals surface area contributed by atoms with Gasteiger partial charge in [-0.25, -0.2) is 0 Å². The molecule has 35 heavy (non-hydrogen) atoms. The van der Waals surface area contributed by atoms with Gasteiger partial charge in [-0.05, 0) is 6.42 Å². The fraction of sp³-hybridized carbons (Fsp3) is 1.00. The standard InChI is InChI=1S/C24H46O11/c1-2-3-4-5-6-7-8-9-10-11-12-32-23-21(31)19(29)22(16(14-26)34-23)35-24-20(30)18(28)17(27)15(13-25)33-24/h15-31H,2-14H2,1H3/t15-,16-,17+,18+,19+,20+,21+,22+,23+,24+/m0/s1. The van der Waals surface area contributed by atoms with Gasteiger partial charge >= 0.3 is 0 Å². The minimum Gasteiger partial charge on any atom is -0.394 e. The Labute approximate surface area is 207 Å². The lowest BCUT2D eigenvalue weighted by atomic mass is 9.97. The quantitative estimate of drug-likeness (QED) is 0.134. The number of hydrogen-bond donors (Lipinski definition) is 7. The number of rotatable bonds is 16. The molecule has 2 aliphatic rings. The highest BCUT2D eigenvalue weighted by atomic mass is 16.7. The third-order valence-electron chi connectivity index (χ3n) is 6.74. The number of ether oxygens (including phenoxy) is 4. The van der Waals surface area contributed by atoms with Crippen LogP contribution < -0.4 is 0 Å². The molecular formula is C24H46O11. The minimum absolute atomic E-state index is 0.321. The van der Waals surface area contributed by atoms with E-state index in [0.717, 1.165) is 19.3 Å². The third-order valence-corrected chi connectivity index (χ3v) is 6.74. The maximum Gasteiger partial charge on any atom is 0.187 e. The van der Waals surface area contributed by atoms with Crippen LogP contribution >= 0.6 is 0 Å². The zero-order valence-corrected chi connectivity index (χ0v) is 20.7. The minimum atomic E-state index is -1.69. The maximum absolute atomic E-state index is 10.6. The van der Waals surface area contributed by atoms with Crippen LogP contribution in [0.4, 0.5) is 0 Å². The first-order valence-corrected chi connectivity index (χ1v) is 13.1.